The summed E-state index contributed by atoms with van der Waals surface area (Å²) in [6, 6.07) is 3.40. The van der Waals surface area contributed by atoms with Gasteiger partial charge in [0.25, 0.3) is 0 Å². The number of rotatable bonds is 5. The molecule has 96 valence electrons. The normalized spacial score (nSPS) is 12.6. The molecule has 18 heavy (non-hydrogen) atoms. The van der Waals surface area contributed by atoms with Crippen molar-refractivity contribution in [2.24, 2.45) is 0 Å². The van der Waals surface area contributed by atoms with Gasteiger partial charge in [0.05, 0.1) is 12.7 Å². The third-order valence-electron chi connectivity index (χ3n) is 2.65. The molecule has 4 nitrogen and oxygen atoms in total. The van der Waals surface area contributed by atoms with Crippen molar-refractivity contribution in [3.63, 3.8) is 0 Å². The number of aromatic nitrogens is 3. The number of nitrogens with zero attached hydrogens (tertiary/aromatic N) is 3. The van der Waals surface area contributed by atoms with Gasteiger partial charge in [0.15, 0.2) is 0 Å². The maximum absolute atomic E-state index is 13.0. The van der Waals surface area contributed by atoms with Crippen molar-refractivity contribution in [1.82, 2.24) is 20.3 Å². The second-order valence-electron chi connectivity index (χ2n) is 4.04. The summed E-state index contributed by atoms with van der Waals surface area (Å²) in [5.74, 6) is -1.12. The number of hydrogen-bond acceptors (Lipinski definition) is 3. The Bertz CT molecular complexity index is 479. The molecule has 1 aromatic carbocycles. The van der Waals surface area contributed by atoms with Gasteiger partial charge in [0, 0.05) is 24.8 Å². The van der Waals surface area contributed by atoms with E-state index < -0.39 is 11.6 Å². The highest BCUT2D eigenvalue weighted by atomic mass is 19.1. The van der Waals surface area contributed by atoms with Crippen molar-refractivity contribution in [2.45, 2.75) is 19.5 Å². The number of halogens is 2. The third-order valence-corrected chi connectivity index (χ3v) is 2.65. The van der Waals surface area contributed by atoms with E-state index >= 15 is 0 Å². The van der Waals surface area contributed by atoms with Crippen molar-refractivity contribution in [3.8, 4) is 0 Å². The number of hydrogen-bond donors (Lipinski definition) is 1. The maximum Gasteiger partial charge on any atom is 0.126 e. The fraction of sp³-hybridized carbons (Fsp3) is 0.333. The highest BCUT2D eigenvalue weighted by Crippen LogP contribution is 2.15. The smallest absolute Gasteiger partial charge is 0.126 e. The van der Waals surface area contributed by atoms with Gasteiger partial charge >= 0.3 is 0 Å². The minimum Gasteiger partial charge on any atom is -0.308 e. The van der Waals surface area contributed by atoms with Crippen LogP contribution in [-0.2, 0) is 6.54 Å². The lowest BCUT2D eigenvalue weighted by Crippen LogP contribution is -2.23. The molecule has 1 atom stereocenters. The van der Waals surface area contributed by atoms with E-state index in [-0.39, 0.29) is 6.04 Å². The van der Waals surface area contributed by atoms with Crippen molar-refractivity contribution >= 4 is 0 Å². The highest BCUT2D eigenvalue weighted by Gasteiger charge is 2.08. The standard InChI is InChI=1S/C12H14F2N4/c1-9(10-6-11(13)8-12(14)7-10)15-2-4-18-5-3-16-17-18/h3,5-9,15H,2,4H2,1H3. The van der Waals surface area contributed by atoms with Crippen LogP contribution in [0.4, 0.5) is 8.78 Å². The Hall–Kier alpha value is -1.82. The van der Waals surface area contributed by atoms with Gasteiger partial charge in [-0.15, -0.1) is 5.10 Å². The van der Waals surface area contributed by atoms with Crippen molar-refractivity contribution in [2.75, 3.05) is 6.54 Å². The molecular weight excluding hydrogens is 238 g/mol. The van der Waals surface area contributed by atoms with Crippen molar-refractivity contribution in [1.29, 1.82) is 0 Å². The summed E-state index contributed by atoms with van der Waals surface area (Å²) in [7, 11) is 0. The second kappa shape index (κ2) is 5.68. The lowest BCUT2D eigenvalue weighted by atomic mass is 10.1. The molecule has 0 amide bonds. The van der Waals surface area contributed by atoms with Crippen LogP contribution in [0, 0.1) is 11.6 Å². The average molecular weight is 252 g/mol. The summed E-state index contributed by atoms with van der Waals surface area (Å²) in [5.41, 5.74) is 0.589. The van der Waals surface area contributed by atoms with Gasteiger partial charge in [-0.3, -0.25) is 4.68 Å². The molecule has 0 saturated heterocycles. The van der Waals surface area contributed by atoms with Crippen LogP contribution in [0.1, 0.15) is 18.5 Å². The second-order valence-corrected chi connectivity index (χ2v) is 4.04. The molecule has 2 rings (SSSR count). The van der Waals surface area contributed by atoms with Crippen LogP contribution in [-0.4, -0.2) is 21.5 Å². The Labute approximate surface area is 104 Å². The number of benzene rings is 1. The van der Waals surface area contributed by atoms with Gasteiger partial charge in [-0.2, -0.15) is 0 Å². The van der Waals surface area contributed by atoms with Gasteiger partial charge in [-0.1, -0.05) is 5.21 Å². The summed E-state index contributed by atoms with van der Waals surface area (Å²) in [6.45, 7) is 3.15. The first-order chi connectivity index (χ1) is 8.65. The zero-order valence-electron chi connectivity index (χ0n) is 9.98. The van der Waals surface area contributed by atoms with Crippen LogP contribution >= 0.6 is 0 Å². The molecule has 6 heteroatoms. The third kappa shape index (κ3) is 3.33. The molecular formula is C12H14F2N4. The van der Waals surface area contributed by atoms with Crippen LogP contribution in [0.5, 0.6) is 0 Å². The molecule has 0 bridgehead atoms. The van der Waals surface area contributed by atoms with E-state index in [4.69, 9.17) is 0 Å². The largest absolute Gasteiger partial charge is 0.308 e. The molecule has 0 fully saturated rings. The van der Waals surface area contributed by atoms with Gasteiger partial charge < -0.3 is 5.32 Å². The van der Waals surface area contributed by atoms with E-state index in [1.807, 2.05) is 6.92 Å². The first-order valence-electron chi connectivity index (χ1n) is 5.68. The predicted molar refractivity (Wildman–Crippen MR) is 62.8 cm³/mol. The van der Waals surface area contributed by atoms with Crippen molar-refractivity contribution in [3.05, 3.63) is 47.8 Å². The van der Waals surface area contributed by atoms with Gasteiger partial charge in [0.1, 0.15) is 11.6 Å². The van der Waals surface area contributed by atoms with E-state index in [9.17, 15) is 8.78 Å². The van der Waals surface area contributed by atoms with E-state index in [2.05, 4.69) is 15.6 Å². The Balaban J connectivity index is 1.89. The van der Waals surface area contributed by atoms with E-state index in [0.717, 1.165) is 6.07 Å². The Morgan fingerprint density at radius 2 is 2.00 bits per heavy atom. The summed E-state index contributed by atoms with van der Waals surface area (Å²) in [4.78, 5) is 0. The summed E-state index contributed by atoms with van der Waals surface area (Å²) >= 11 is 0. The van der Waals surface area contributed by atoms with Gasteiger partial charge in [-0.25, -0.2) is 8.78 Å². The van der Waals surface area contributed by atoms with Crippen LogP contribution < -0.4 is 5.32 Å². The summed E-state index contributed by atoms with van der Waals surface area (Å²) < 4.78 is 27.8. The van der Waals surface area contributed by atoms with Crippen molar-refractivity contribution < 1.29 is 8.78 Å². The van der Waals surface area contributed by atoms with E-state index in [1.165, 1.54) is 12.1 Å². The predicted octanol–water partition coefficient (Wildman–Crippen LogP) is 1.91. The number of nitrogens with one attached hydrogen (secondary N) is 1. The zero-order chi connectivity index (χ0) is 13.0. The van der Waals surface area contributed by atoms with E-state index in [1.54, 1.807) is 17.1 Å². The lowest BCUT2D eigenvalue weighted by Gasteiger charge is -2.14. The molecule has 0 aliphatic heterocycles. The molecule has 1 N–H and O–H groups in total. The van der Waals surface area contributed by atoms with Gasteiger partial charge in [-0.05, 0) is 24.6 Å². The zero-order valence-corrected chi connectivity index (χ0v) is 9.98. The molecule has 0 radical (unpaired) electrons. The minimum atomic E-state index is -0.560. The van der Waals surface area contributed by atoms with Crippen LogP contribution in [0.2, 0.25) is 0 Å². The fourth-order valence-electron chi connectivity index (χ4n) is 1.69. The first-order valence-corrected chi connectivity index (χ1v) is 5.68. The SMILES string of the molecule is CC(NCCn1ccnn1)c1cc(F)cc(F)c1. The molecule has 1 unspecified atom stereocenters. The van der Waals surface area contributed by atoms with Crippen LogP contribution in [0.15, 0.2) is 30.6 Å². The molecule has 0 aliphatic carbocycles. The molecule has 0 aliphatic rings. The maximum atomic E-state index is 13.0. The molecule has 0 saturated carbocycles. The Morgan fingerprint density at radius 1 is 1.28 bits per heavy atom. The highest BCUT2D eigenvalue weighted by molar-refractivity contribution is 5.20. The van der Waals surface area contributed by atoms with Crippen LogP contribution in [0.3, 0.4) is 0 Å². The van der Waals surface area contributed by atoms with E-state index in [0.29, 0.717) is 18.7 Å². The van der Waals surface area contributed by atoms with Crippen LogP contribution in [0.25, 0.3) is 0 Å². The summed E-state index contributed by atoms with van der Waals surface area (Å²) in [5, 5.41) is 10.7. The Morgan fingerprint density at radius 3 is 2.61 bits per heavy atom. The fourth-order valence-corrected chi connectivity index (χ4v) is 1.69. The average Bonchev–Trinajstić information content (AvgIpc) is 2.80. The molecule has 1 heterocycles. The first kappa shape index (κ1) is 12.6. The Kier molecular flexibility index (Phi) is 3.99. The molecule has 2 aromatic rings. The quantitative estimate of drug-likeness (QED) is 0.884. The lowest BCUT2D eigenvalue weighted by molar-refractivity contribution is 0.494. The summed E-state index contributed by atoms with van der Waals surface area (Å²) in [6.07, 6.45) is 3.36. The topological polar surface area (TPSA) is 42.7 Å². The minimum absolute atomic E-state index is 0.126. The monoisotopic (exact) mass is 252 g/mol. The molecule has 1 aromatic heterocycles. The van der Waals surface area contributed by atoms with Gasteiger partial charge in [0.2, 0.25) is 0 Å². The molecule has 0 spiro atoms.